The number of carbonyl (C=O) groups is 1. The lowest BCUT2D eigenvalue weighted by molar-refractivity contribution is -0.124. The number of rotatable bonds is 6. The number of aryl methyl sites for hydroxylation is 2. The Morgan fingerprint density at radius 1 is 1.32 bits per heavy atom. The fraction of sp³-hybridized carbons (Fsp3) is 0.562. The van der Waals surface area contributed by atoms with Gasteiger partial charge in [0.2, 0.25) is 5.91 Å². The predicted molar refractivity (Wildman–Crippen MR) is 93.5 cm³/mol. The van der Waals surface area contributed by atoms with Crippen molar-refractivity contribution >= 4 is 21.8 Å². The lowest BCUT2D eigenvalue weighted by Crippen LogP contribution is -2.34. The summed E-state index contributed by atoms with van der Waals surface area (Å²) >= 11 is 3.12. The van der Waals surface area contributed by atoms with E-state index in [1.165, 1.54) is 4.68 Å². The number of alkyl halides is 2. The number of amides is 1. The van der Waals surface area contributed by atoms with Crippen molar-refractivity contribution in [3.63, 3.8) is 0 Å². The van der Waals surface area contributed by atoms with Crippen molar-refractivity contribution in [1.29, 1.82) is 0 Å². The summed E-state index contributed by atoms with van der Waals surface area (Å²) < 4.78 is 29.3. The molecule has 2 rings (SSSR count). The van der Waals surface area contributed by atoms with E-state index < -0.39 is 12.5 Å². The molecule has 25 heavy (non-hydrogen) atoms. The van der Waals surface area contributed by atoms with Gasteiger partial charge in [0.05, 0.1) is 21.9 Å². The van der Waals surface area contributed by atoms with Crippen LogP contribution in [0.3, 0.4) is 0 Å². The van der Waals surface area contributed by atoms with Crippen molar-refractivity contribution < 1.29 is 13.6 Å². The zero-order valence-electron chi connectivity index (χ0n) is 14.8. The van der Waals surface area contributed by atoms with Crippen molar-refractivity contribution in [2.45, 2.75) is 59.7 Å². The maximum absolute atomic E-state index is 13.0. The van der Waals surface area contributed by atoms with Crippen LogP contribution in [0.1, 0.15) is 61.9 Å². The summed E-state index contributed by atoms with van der Waals surface area (Å²) in [4.78, 5) is 12.6. The summed E-state index contributed by atoms with van der Waals surface area (Å²) in [6, 6.07) is -0.961. The predicted octanol–water partition coefficient (Wildman–Crippen LogP) is 3.85. The Balaban J connectivity index is 2.17. The lowest BCUT2D eigenvalue weighted by atomic mass is 10.1. The summed E-state index contributed by atoms with van der Waals surface area (Å²) in [7, 11) is 0. The minimum atomic E-state index is -2.70. The molecule has 0 unspecified atom stereocenters. The van der Waals surface area contributed by atoms with Crippen molar-refractivity contribution in [2.24, 2.45) is 0 Å². The fourth-order valence-electron chi connectivity index (χ4n) is 2.68. The van der Waals surface area contributed by atoms with Gasteiger partial charge in [0.15, 0.2) is 0 Å². The second-order valence-electron chi connectivity index (χ2n) is 5.96. The SMILES string of the molecule is CCn1cc([C@@H](C)NC(=O)[C@H](C)n2nc(C(F)F)c(Br)c2C)c(C)n1. The second kappa shape index (κ2) is 7.63. The van der Waals surface area contributed by atoms with E-state index in [-0.39, 0.29) is 22.1 Å². The first-order valence-corrected chi connectivity index (χ1v) is 8.83. The summed E-state index contributed by atoms with van der Waals surface area (Å²) in [6.45, 7) is 9.76. The highest BCUT2D eigenvalue weighted by Gasteiger charge is 2.26. The molecule has 0 saturated carbocycles. The van der Waals surface area contributed by atoms with Crippen molar-refractivity contribution in [3.8, 4) is 0 Å². The van der Waals surface area contributed by atoms with Gasteiger partial charge < -0.3 is 5.32 Å². The van der Waals surface area contributed by atoms with E-state index in [1.54, 1.807) is 18.5 Å². The minimum Gasteiger partial charge on any atom is -0.348 e. The van der Waals surface area contributed by atoms with Crippen LogP contribution in [0.4, 0.5) is 8.78 Å². The van der Waals surface area contributed by atoms with Crippen molar-refractivity contribution in [1.82, 2.24) is 24.9 Å². The van der Waals surface area contributed by atoms with Gasteiger partial charge in [-0.05, 0) is 50.5 Å². The molecule has 138 valence electrons. The average molecular weight is 418 g/mol. The maximum Gasteiger partial charge on any atom is 0.283 e. The van der Waals surface area contributed by atoms with E-state index >= 15 is 0 Å². The third kappa shape index (κ3) is 3.91. The summed E-state index contributed by atoms with van der Waals surface area (Å²) in [6.07, 6.45) is -0.804. The van der Waals surface area contributed by atoms with E-state index in [0.29, 0.717) is 5.69 Å². The Bertz CT molecular complexity index is 771. The molecular weight excluding hydrogens is 396 g/mol. The Kier molecular flexibility index (Phi) is 5.97. The summed E-state index contributed by atoms with van der Waals surface area (Å²) in [5, 5.41) is 11.2. The molecule has 0 fully saturated rings. The number of hydrogen-bond donors (Lipinski definition) is 1. The molecule has 0 radical (unpaired) electrons. The summed E-state index contributed by atoms with van der Waals surface area (Å²) in [5.41, 5.74) is 1.90. The largest absolute Gasteiger partial charge is 0.348 e. The quantitative estimate of drug-likeness (QED) is 0.775. The number of hydrogen-bond acceptors (Lipinski definition) is 3. The standard InChI is InChI=1S/C16H22BrF2N5O/c1-6-23-7-12(9(3)21-23)8(2)20-16(25)11(5)24-10(4)13(17)14(22-24)15(18)19/h7-8,11,15H,6H2,1-5H3,(H,20,25)/t8-,11+/m1/s1. The van der Waals surface area contributed by atoms with Crippen LogP contribution in [0, 0.1) is 13.8 Å². The first-order chi connectivity index (χ1) is 11.7. The highest BCUT2D eigenvalue weighted by atomic mass is 79.9. The normalized spacial score (nSPS) is 14.0. The number of halogens is 3. The molecule has 2 atom stereocenters. The molecular formula is C16H22BrF2N5O. The molecule has 0 bridgehead atoms. The van der Waals surface area contributed by atoms with Crippen LogP contribution >= 0.6 is 15.9 Å². The number of nitrogens with one attached hydrogen (secondary N) is 1. The molecule has 0 aromatic carbocycles. The van der Waals surface area contributed by atoms with Crippen LogP contribution in [-0.4, -0.2) is 25.5 Å². The Labute approximate surface area is 153 Å². The van der Waals surface area contributed by atoms with E-state index in [0.717, 1.165) is 17.8 Å². The highest BCUT2D eigenvalue weighted by molar-refractivity contribution is 9.10. The fourth-order valence-corrected chi connectivity index (χ4v) is 3.11. The van der Waals surface area contributed by atoms with Gasteiger partial charge in [-0.3, -0.25) is 14.2 Å². The Morgan fingerprint density at radius 2 is 1.96 bits per heavy atom. The van der Waals surface area contributed by atoms with Gasteiger partial charge in [0, 0.05) is 18.3 Å². The van der Waals surface area contributed by atoms with Crippen LogP contribution in [0.25, 0.3) is 0 Å². The minimum absolute atomic E-state index is 0.232. The van der Waals surface area contributed by atoms with Crippen LogP contribution in [0.15, 0.2) is 10.7 Å². The Hall–Kier alpha value is -1.77. The molecule has 0 aliphatic rings. The second-order valence-corrected chi connectivity index (χ2v) is 6.75. The highest BCUT2D eigenvalue weighted by Crippen LogP contribution is 2.30. The zero-order valence-corrected chi connectivity index (χ0v) is 16.4. The van der Waals surface area contributed by atoms with Gasteiger partial charge in [-0.1, -0.05) is 0 Å². The molecule has 9 heteroatoms. The number of carbonyl (C=O) groups excluding carboxylic acids is 1. The van der Waals surface area contributed by atoms with Gasteiger partial charge in [0.1, 0.15) is 11.7 Å². The van der Waals surface area contributed by atoms with Gasteiger partial charge in [0.25, 0.3) is 6.43 Å². The third-order valence-corrected chi connectivity index (χ3v) is 5.17. The van der Waals surface area contributed by atoms with E-state index in [4.69, 9.17) is 0 Å². The number of nitrogens with zero attached hydrogens (tertiary/aromatic N) is 4. The molecule has 6 nitrogen and oxygen atoms in total. The molecule has 2 heterocycles. The van der Waals surface area contributed by atoms with Crippen LogP contribution in [0.5, 0.6) is 0 Å². The molecule has 2 aromatic heterocycles. The summed E-state index contributed by atoms with van der Waals surface area (Å²) in [5.74, 6) is -0.296. The Morgan fingerprint density at radius 3 is 2.44 bits per heavy atom. The lowest BCUT2D eigenvalue weighted by Gasteiger charge is -2.18. The molecule has 2 aromatic rings. The number of aromatic nitrogens is 4. The van der Waals surface area contributed by atoms with E-state index in [1.807, 2.05) is 27.0 Å². The van der Waals surface area contributed by atoms with E-state index in [2.05, 4.69) is 31.4 Å². The van der Waals surface area contributed by atoms with Crippen molar-refractivity contribution in [2.75, 3.05) is 0 Å². The maximum atomic E-state index is 13.0. The molecule has 0 aliphatic heterocycles. The molecule has 0 spiro atoms. The third-order valence-electron chi connectivity index (χ3n) is 4.19. The first kappa shape index (κ1) is 19.6. The smallest absolute Gasteiger partial charge is 0.283 e. The van der Waals surface area contributed by atoms with Gasteiger partial charge in [-0.25, -0.2) is 8.78 Å². The molecule has 1 amide bonds. The topological polar surface area (TPSA) is 64.7 Å². The first-order valence-electron chi connectivity index (χ1n) is 8.04. The monoisotopic (exact) mass is 417 g/mol. The van der Waals surface area contributed by atoms with E-state index in [9.17, 15) is 13.6 Å². The van der Waals surface area contributed by atoms with Gasteiger partial charge >= 0.3 is 0 Å². The molecule has 0 aliphatic carbocycles. The van der Waals surface area contributed by atoms with Crippen LogP contribution in [-0.2, 0) is 11.3 Å². The average Bonchev–Trinajstić information content (AvgIpc) is 3.07. The molecule has 1 N–H and O–H groups in total. The van der Waals surface area contributed by atoms with Crippen LogP contribution < -0.4 is 5.32 Å². The van der Waals surface area contributed by atoms with Gasteiger partial charge in [-0.2, -0.15) is 10.2 Å². The van der Waals surface area contributed by atoms with Crippen LogP contribution in [0.2, 0.25) is 0 Å². The zero-order chi connectivity index (χ0) is 18.9. The van der Waals surface area contributed by atoms with Gasteiger partial charge in [-0.15, -0.1) is 0 Å². The van der Waals surface area contributed by atoms with Crippen molar-refractivity contribution in [3.05, 3.63) is 33.3 Å². The molecule has 0 saturated heterocycles.